The molecule has 2 aliphatic rings. The molecule has 28 heavy (non-hydrogen) atoms. The third kappa shape index (κ3) is 4.30. The first-order valence-corrected chi connectivity index (χ1v) is 9.59. The number of fused-ring (bicyclic) bond motifs is 1. The van der Waals surface area contributed by atoms with Crippen LogP contribution in [0.3, 0.4) is 0 Å². The summed E-state index contributed by atoms with van der Waals surface area (Å²) in [5.74, 6) is 0.141. The molecule has 0 spiro atoms. The van der Waals surface area contributed by atoms with E-state index in [0.717, 1.165) is 0 Å². The number of hydrogen-bond donors (Lipinski definition) is 1. The van der Waals surface area contributed by atoms with Crippen LogP contribution in [0.2, 0.25) is 0 Å². The Bertz CT molecular complexity index is 841. The van der Waals surface area contributed by atoms with E-state index in [2.05, 4.69) is 24.1 Å². The number of hydrogen-bond acceptors (Lipinski definition) is 4. The SMILES string of the molecule is CCC.O=C1CN(C(=O)c2ccc(N3CCC(F)C3)nc2)c2ccccc2N1. The number of amides is 2. The van der Waals surface area contributed by atoms with Crippen molar-refractivity contribution in [3.05, 3.63) is 48.2 Å². The highest BCUT2D eigenvalue weighted by Gasteiger charge is 2.28. The van der Waals surface area contributed by atoms with Crippen LogP contribution < -0.4 is 15.1 Å². The van der Waals surface area contributed by atoms with Crippen LogP contribution in [0.1, 0.15) is 37.0 Å². The van der Waals surface area contributed by atoms with Crippen molar-refractivity contribution in [3.8, 4) is 0 Å². The summed E-state index contributed by atoms with van der Waals surface area (Å²) in [7, 11) is 0. The normalized spacial score (nSPS) is 18.1. The number of aromatic nitrogens is 1. The quantitative estimate of drug-likeness (QED) is 0.858. The number of carbonyl (C=O) groups excluding carboxylic acids is 2. The molecule has 1 aromatic heterocycles. The van der Waals surface area contributed by atoms with Gasteiger partial charge in [-0.2, -0.15) is 0 Å². The van der Waals surface area contributed by atoms with Crippen molar-refractivity contribution in [2.24, 2.45) is 0 Å². The summed E-state index contributed by atoms with van der Waals surface area (Å²) >= 11 is 0. The van der Waals surface area contributed by atoms with Gasteiger partial charge >= 0.3 is 0 Å². The first-order valence-electron chi connectivity index (χ1n) is 9.59. The van der Waals surface area contributed by atoms with Crippen LogP contribution in [-0.2, 0) is 4.79 Å². The van der Waals surface area contributed by atoms with E-state index >= 15 is 0 Å². The molecule has 0 aliphatic carbocycles. The number of pyridine rings is 1. The Morgan fingerprint density at radius 2 is 2.00 bits per heavy atom. The number of carbonyl (C=O) groups is 2. The van der Waals surface area contributed by atoms with Crippen LogP contribution in [0, 0.1) is 0 Å². The second-order valence-corrected chi connectivity index (χ2v) is 6.90. The van der Waals surface area contributed by atoms with Crippen LogP contribution in [0.15, 0.2) is 42.6 Å². The fourth-order valence-corrected chi connectivity index (χ4v) is 3.20. The zero-order valence-corrected chi connectivity index (χ0v) is 16.2. The monoisotopic (exact) mass is 384 g/mol. The molecule has 1 unspecified atom stereocenters. The molecule has 0 saturated carbocycles. The lowest BCUT2D eigenvalue weighted by Crippen LogP contribution is -2.42. The molecule has 1 aromatic carbocycles. The van der Waals surface area contributed by atoms with Crippen LogP contribution >= 0.6 is 0 Å². The topological polar surface area (TPSA) is 65.5 Å². The lowest BCUT2D eigenvalue weighted by atomic mass is 10.1. The summed E-state index contributed by atoms with van der Waals surface area (Å²) in [5, 5.41) is 2.76. The van der Waals surface area contributed by atoms with E-state index in [1.165, 1.54) is 17.5 Å². The molecule has 1 saturated heterocycles. The number of anilines is 3. The van der Waals surface area contributed by atoms with Crippen LogP contribution in [0.4, 0.5) is 21.6 Å². The number of nitrogens with zero attached hydrogens (tertiary/aromatic N) is 3. The van der Waals surface area contributed by atoms with Gasteiger partial charge in [0, 0.05) is 12.7 Å². The van der Waals surface area contributed by atoms with Crippen molar-refractivity contribution in [1.82, 2.24) is 4.98 Å². The lowest BCUT2D eigenvalue weighted by molar-refractivity contribution is -0.115. The van der Waals surface area contributed by atoms with E-state index in [1.54, 1.807) is 30.3 Å². The highest BCUT2D eigenvalue weighted by Crippen LogP contribution is 2.30. The van der Waals surface area contributed by atoms with Crippen LogP contribution in [-0.4, -0.2) is 42.6 Å². The Kier molecular flexibility index (Phi) is 6.23. The van der Waals surface area contributed by atoms with Crippen molar-refractivity contribution in [2.75, 3.05) is 34.8 Å². The first-order chi connectivity index (χ1) is 13.5. The number of rotatable bonds is 2. The second kappa shape index (κ2) is 8.82. The minimum Gasteiger partial charge on any atom is -0.354 e. The Labute approximate surface area is 164 Å². The van der Waals surface area contributed by atoms with Crippen LogP contribution in [0.5, 0.6) is 0 Å². The zero-order valence-electron chi connectivity index (χ0n) is 16.2. The maximum Gasteiger partial charge on any atom is 0.260 e. The third-order valence-corrected chi connectivity index (χ3v) is 4.47. The van der Waals surface area contributed by atoms with Gasteiger partial charge < -0.3 is 10.2 Å². The molecule has 2 aromatic rings. The van der Waals surface area contributed by atoms with Crippen molar-refractivity contribution >= 4 is 29.0 Å². The largest absolute Gasteiger partial charge is 0.354 e. The maximum atomic E-state index is 13.3. The fourth-order valence-electron chi connectivity index (χ4n) is 3.20. The molecule has 0 bridgehead atoms. The summed E-state index contributed by atoms with van der Waals surface area (Å²) in [4.78, 5) is 32.3. The van der Waals surface area contributed by atoms with Crippen LogP contribution in [0.25, 0.3) is 0 Å². The Morgan fingerprint density at radius 3 is 2.64 bits per heavy atom. The number of para-hydroxylation sites is 2. The molecular formula is C21H25FN4O2. The predicted octanol–water partition coefficient (Wildman–Crippen LogP) is 3.65. The summed E-state index contributed by atoms with van der Waals surface area (Å²) in [6, 6.07) is 10.6. The molecule has 4 rings (SSSR count). The molecule has 7 heteroatoms. The summed E-state index contributed by atoms with van der Waals surface area (Å²) in [6.45, 7) is 5.17. The Hall–Kier alpha value is -2.96. The number of alkyl halides is 1. The third-order valence-electron chi connectivity index (χ3n) is 4.47. The average Bonchev–Trinajstić information content (AvgIpc) is 3.14. The molecule has 6 nitrogen and oxygen atoms in total. The van der Waals surface area contributed by atoms with Gasteiger partial charge in [0.05, 0.1) is 23.5 Å². The highest BCUT2D eigenvalue weighted by molar-refractivity contribution is 6.15. The molecule has 2 amide bonds. The molecule has 0 radical (unpaired) electrons. The second-order valence-electron chi connectivity index (χ2n) is 6.90. The molecule has 1 N–H and O–H groups in total. The first kappa shape index (κ1) is 19.8. The van der Waals surface area contributed by atoms with Crippen molar-refractivity contribution in [2.45, 2.75) is 32.9 Å². The number of benzene rings is 1. The molecule has 1 atom stereocenters. The van der Waals surface area contributed by atoms with Gasteiger partial charge in [-0.1, -0.05) is 32.4 Å². The summed E-state index contributed by atoms with van der Waals surface area (Å²) < 4.78 is 13.3. The van der Waals surface area contributed by atoms with Gasteiger partial charge in [0.25, 0.3) is 5.91 Å². The standard InChI is InChI=1S/C18H17FN4O2.C3H8/c19-13-7-8-22(10-13)16-6-5-12(9-20-16)18(25)23-11-17(24)21-14-3-1-2-4-15(14)23;1-3-2/h1-6,9,13H,7-8,10-11H2,(H,21,24);3H2,1-2H3. The summed E-state index contributed by atoms with van der Waals surface area (Å²) in [5.41, 5.74) is 1.67. The smallest absolute Gasteiger partial charge is 0.260 e. The molecular weight excluding hydrogens is 359 g/mol. The van der Waals surface area contributed by atoms with Gasteiger partial charge in [-0.3, -0.25) is 14.5 Å². The van der Waals surface area contributed by atoms with E-state index in [1.807, 2.05) is 11.0 Å². The zero-order chi connectivity index (χ0) is 20.1. The Morgan fingerprint density at radius 1 is 1.25 bits per heavy atom. The molecule has 1 fully saturated rings. The molecule has 2 aliphatic heterocycles. The van der Waals surface area contributed by atoms with E-state index < -0.39 is 6.17 Å². The highest BCUT2D eigenvalue weighted by atomic mass is 19.1. The minimum atomic E-state index is -0.827. The van der Waals surface area contributed by atoms with Gasteiger partial charge in [-0.25, -0.2) is 9.37 Å². The Balaban J connectivity index is 0.000000706. The average molecular weight is 384 g/mol. The number of nitrogens with one attached hydrogen (secondary N) is 1. The summed E-state index contributed by atoms with van der Waals surface area (Å²) in [6.07, 6.45) is 2.41. The van der Waals surface area contributed by atoms with E-state index in [9.17, 15) is 14.0 Å². The van der Waals surface area contributed by atoms with E-state index in [0.29, 0.717) is 42.3 Å². The van der Waals surface area contributed by atoms with Crippen molar-refractivity contribution in [1.29, 1.82) is 0 Å². The maximum absolute atomic E-state index is 13.3. The van der Waals surface area contributed by atoms with Crippen molar-refractivity contribution in [3.63, 3.8) is 0 Å². The van der Waals surface area contributed by atoms with Crippen molar-refractivity contribution < 1.29 is 14.0 Å². The fraction of sp³-hybridized carbons (Fsp3) is 0.381. The van der Waals surface area contributed by atoms with Gasteiger partial charge in [0.2, 0.25) is 5.91 Å². The van der Waals surface area contributed by atoms with Gasteiger partial charge in [-0.15, -0.1) is 0 Å². The van der Waals surface area contributed by atoms with Gasteiger partial charge in [0.15, 0.2) is 0 Å². The van der Waals surface area contributed by atoms with Gasteiger partial charge in [-0.05, 0) is 30.7 Å². The minimum absolute atomic E-state index is 0.0345. The van der Waals surface area contributed by atoms with E-state index in [-0.39, 0.29) is 18.4 Å². The van der Waals surface area contributed by atoms with E-state index in [4.69, 9.17) is 0 Å². The lowest BCUT2D eigenvalue weighted by Gasteiger charge is -2.29. The predicted molar refractivity (Wildman–Crippen MR) is 109 cm³/mol. The molecule has 148 valence electrons. The number of halogens is 1. The van der Waals surface area contributed by atoms with Gasteiger partial charge in [0.1, 0.15) is 18.5 Å². The molecule has 3 heterocycles.